The maximum Gasteiger partial charge on any atom is 0.143 e. The van der Waals surface area contributed by atoms with Crippen LogP contribution in [0.25, 0.3) is 0 Å². The largest absolute Gasteiger partial charge is 0.384 e. The number of nitrogens with zero attached hydrogens (tertiary/aromatic N) is 1. The lowest BCUT2D eigenvalue weighted by Crippen LogP contribution is -2.04. The first-order valence-corrected chi connectivity index (χ1v) is 5.72. The highest BCUT2D eigenvalue weighted by Crippen LogP contribution is 2.17. The van der Waals surface area contributed by atoms with Crippen LogP contribution in [0.3, 0.4) is 0 Å². The molecule has 0 aliphatic rings. The van der Waals surface area contributed by atoms with E-state index in [0.717, 1.165) is 13.0 Å². The quantitative estimate of drug-likeness (QED) is 0.742. The molecule has 0 unspecified atom stereocenters. The van der Waals surface area contributed by atoms with Crippen LogP contribution in [0.1, 0.15) is 38.2 Å². The van der Waals surface area contributed by atoms with Crippen LogP contribution in [-0.2, 0) is 0 Å². The molecule has 0 heterocycles. The SMILES string of the molecule is CCCCCCNc1cccc(F)c1C#N. The molecule has 0 spiro atoms. The Labute approximate surface area is 96.1 Å². The van der Waals surface area contributed by atoms with E-state index in [1.165, 1.54) is 25.3 Å². The standard InChI is InChI=1S/C13H17FN2/c1-2-3-4-5-9-16-13-8-6-7-12(14)11(13)10-15/h6-8,16H,2-5,9H2,1H3. The van der Waals surface area contributed by atoms with Crippen molar-refractivity contribution in [3.8, 4) is 6.07 Å². The molecule has 0 radical (unpaired) electrons. The van der Waals surface area contributed by atoms with Crippen LogP contribution in [0.2, 0.25) is 0 Å². The minimum Gasteiger partial charge on any atom is -0.384 e. The summed E-state index contributed by atoms with van der Waals surface area (Å²) < 4.78 is 13.2. The molecule has 1 rings (SSSR count). The van der Waals surface area contributed by atoms with Crippen molar-refractivity contribution < 1.29 is 4.39 Å². The van der Waals surface area contributed by atoms with Gasteiger partial charge in [0.05, 0.1) is 5.69 Å². The fourth-order valence-corrected chi connectivity index (χ4v) is 1.56. The number of nitriles is 1. The molecular weight excluding hydrogens is 203 g/mol. The molecule has 0 saturated heterocycles. The highest BCUT2D eigenvalue weighted by Gasteiger charge is 2.06. The fourth-order valence-electron chi connectivity index (χ4n) is 1.56. The van der Waals surface area contributed by atoms with Gasteiger partial charge in [0.25, 0.3) is 0 Å². The van der Waals surface area contributed by atoms with Crippen LogP contribution >= 0.6 is 0 Å². The number of unbranched alkanes of at least 4 members (excludes halogenated alkanes) is 3. The number of hydrogen-bond donors (Lipinski definition) is 1. The molecule has 2 nitrogen and oxygen atoms in total. The third-order valence-corrected chi connectivity index (χ3v) is 2.47. The van der Waals surface area contributed by atoms with Crippen molar-refractivity contribution in [3.05, 3.63) is 29.6 Å². The Morgan fingerprint density at radius 1 is 1.31 bits per heavy atom. The second kappa shape index (κ2) is 6.84. The highest BCUT2D eigenvalue weighted by atomic mass is 19.1. The van der Waals surface area contributed by atoms with E-state index in [-0.39, 0.29) is 5.56 Å². The van der Waals surface area contributed by atoms with Crippen molar-refractivity contribution in [1.82, 2.24) is 0 Å². The summed E-state index contributed by atoms with van der Waals surface area (Å²) in [7, 11) is 0. The molecule has 0 amide bonds. The molecule has 0 aromatic heterocycles. The van der Waals surface area contributed by atoms with Crippen LogP contribution < -0.4 is 5.32 Å². The zero-order valence-electron chi connectivity index (χ0n) is 9.59. The summed E-state index contributed by atoms with van der Waals surface area (Å²) in [4.78, 5) is 0. The predicted octanol–water partition coefficient (Wildman–Crippen LogP) is 3.69. The lowest BCUT2D eigenvalue weighted by atomic mass is 10.1. The minimum absolute atomic E-state index is 0.109. The average molecular weight is 220 g/mol. The highest BCUT2D eigenvalue weighted by molar-refractivity contribution is 5.57. The van der Waals surface area contributed by atoms with Crippen LogP contribution in [-0.4, -0.2) is 6.54 Å². The van der Waals surface area contributed by atoms with Crippen LogP contribution in [0, 0.1) is 17.1 Å². The minimum atomic E-state index is -0.457. The summed E-state index contributed by atoms with van der Waals surface area (Å²) in [6, 6.07) is 6.54. The molecule has 0 aliphatic carbocycles. The Hall–Kier alpha value is -1.56. The molecule has 0 bridgehead atoms. The molecule has 3 heteroatoms. The molecule has 1 aromatic carbocycles. The van der Waals surface area contributed by atoms with Crippen molar-refractivity contribution >= 4 is 5.69 Å². The number of hydrogen-bond acceptors (Lipinski definition) is 2. The van der Waals surface area contributed by atoms with Crippen molar-refractivity contribution in [2.75, 3.05) is 11.9 Å². The lowest BCUT2D eigenvalue weighted by Gasteiger charge is -2.08. The lowest BCUT2D eigenvalue weighted by molar-refractivity contribution is 0.624. The van der Waals surface area contributed by atoms with Gasteiger partial charge in [-0.05, 0) is 18.6 Å². The Morgan fingerprint density at radius 3 is 2.81 bits per heavy atom. The smallest absolute Gasteiger partial charge is 0.143 e. The third-order valence-electron chi connectivity index (χ3n) is 2.47. The van der Waals surface area contributed by atoms with Crippen LogP contribution in [0.4, 0.5) is 10.1 Å². The molecule has 1 aromatic rings. The first-order valence-electron chi connectivity index (χ1n) is 5.72. The summed E-state index contributed by atoms with van der Waals surface area (Å²) >= 11 is 0. The Kier molecular flexibility index (Phi) is 5.35. The van der Waals surface area contributed by atoms with Gasteiger partial charge in [-0.15, -0.1) is 0 Å². The Balaban J connectivity index is 2.48. The van der Waals surface area contributed by atoms with Gasteiger partial charge in [0.15, 0.2) is 0 Å². The topological polar surface area (TPSA) is 35.8 Å². The monoisotopic (exact) mass is 220 g/mol. The van der Waals surface area contributed by atoms with Gasteiger partial charge in [-0.2, -0.15) is 5.26 Å². The fraction of sp³-hybridized carbons (Fsp3) is 0.462. The van der Waals surface area contributed by atoms with Gasteiger partial charge in [-0.3, -0.25) is 0 Å². The van der Waals surface area contributed by atoms with Crippen molar-refractivity contribution in [1.29, 1.82) is 5.26 Å². The van der Waals surface area contributed by atoms with E-state index in [1.54, 1.807) is 12.1 Å². The number of halogens is 1. The van der Waals surface area contributed by atoms with Gasteiger partial charge >= 0.3 is 0 Å². The number of rotatable bonds is 6. The zero-order valence-corrected chi connectivity index (χ0v) is 9.59. The van der Waals surface area contributed by atoms with Crippen molar-refractivity contribution in [2.24, 2.45) is 0 Å². The molecular formula is C13H17FN2. The molecule has 1 N–H and O–H groups in total. The Morgan fingerprint density at radius 2 is 2.12 bits per heavy atom. The molecule has 0 saturated carbocycles. The predicted molar refractivity (Wildman–Crippen MR) is 63.7 cm³/mol. The third kappa shape index (κ3) is 3.54. The molecule has 0 atom stereocenters. The zero-order chi connectivity index (χ0) is 11.8. The van der Waals surface area contributed by atoms with E-state index in [9.17, 15) is 4.39 Å². The van der Waals surface area contributed by atoms with Gasteiger partial charge < -0.3 is 5.32 Å². The van der Waals surface area contributed by atoms with E-state index >= 15 is 0 Å². The van der Waals surface area contributed by atoms with Crippen molar-refractivity contribution in [2.45, 2.75) is 32.6 Å². The van der Waals surface area contributed by atoms with E-state index in [0.29, 0.717) is 5.69 Å². The average Bonchev–Trinajstić information content (AvgIpc) is 2.29. The summed E-state index contributed by atoms with van der Waals surface area (Å²) in [5.41, 5.74) is 0.706. The van der Waals surface area contributed by atoms with Crippen molar-refractivity contribution in [3.63, 3.8) is 0 Å². The maximum absolute atomic E-state index is 13.2. The van der Waals surface area contributed by atoms with Gasteiger partial charge in [-0.25, -0.2) is 4.39 Å². The summed E-state index contributed by atoms with van der Waals surface area (Å²) in [6.45, 7) is 2.95. The first-order chi connectivity index (χ1) is 7.79. The maximum atomic E-state index is 13.2. The number of anilines is 1. The normalized spacial score (nSPS) is 9.81. The molecule has 16 heavy (non-hydrogen) atoms. The number of benzene rings is 1. The second-order valence-corrected chi connectivity index (χ2v) is 3.76. The van der Waals surface area contributed by atoms with E-state index in [4.69, 9.17) is 5.26 Å². The Bertz CT molecular complexity index is 369. The molecule has 0 fully saturated rings. The second-order valence-electron chi connectivity index (χ2n) is 3.76. The molecule has 86 valence electrons. The summed E-state index contributed by atoms with van der Waals surface area (Å²) in [5.74, 6) is -0.457. The van der Waals surface area contributed by atoms with Gasteiger partial charge in [0, 0.05) is 6.54 Å². The van der Waals surface area contributed by atoms with Gasteiger partial charge in [-0.1, -0.05) is 32.3 Å². The van der Waals surface area contributed by atoms with Gasteiger partial charge in [0.2, 0.25) is 0 Å². The summed E-state index contributed by atoms with van der Waals surface area (Å²) in [6.07, 6.45) is 4.63. The summed E-state index contributed by atoms with van der Waals surface area (Å²) in [5, 5.41) is 11.9. The first kappa shape index (κ1) is 12.5. The van der Waals surface area contributed by atoms with E-state index < -0.39 is 5.82 Å². The number of nitrogens with one attached hydrogen (secondary N) is 1. The molecule has 0 aliphatic heterocycles. The van der Waals surface area contributed by atoms with E-state index in [2.05, 4.69) is 12.2 Å². The van der Waals surface area contributed by atoms with Gasteiger partial charge in [0.1, 0.15) is 17.4 Å². The van der Waals surface area contributed by atoms with Crippen LogP contribution in [0.5, 0.6) is 0 Å². The van der Waals surface area contributed by atoms with Crippen LogP contribution in [0.15, 0.2) is 18.2 Å². The van der Waals surface area contributed by atoms with E-state index in [1.807, 2.05) is 6.07 Å².